The van der Waals surface area contributed by atoms with Crippen molar-refractivity contribution in [1.82, 2.24) is 4.98 Å². The molecular weight excluding hydrogens is 330 g/mol. The van der Waals surface area contributed by atoms with Gasteiger partial charge in [0, 0.05) is 23.3 Å². The highest BCUT2D eigenvalue weighted by molar-refractivity contribution is 9.10. The van der Waals surface area contributed by atoms with Crippen molar-refractivity contribution in [2.45, 2.75) is 25.7 Å². The SMILES string of the molecule is O=C(O)C1(CNc2ncc(Br)cc2[N+](=O)[O-])CCCC1. The minimum atomic E-state index is -0.859. The average molecular weight is 344 g/mol. The normalized spacial score (nSPS) is 16.9. The summed E-state index contributed by atoms with van der Waals surface area (Å²) in [6.45, 7) is 0.151. The molecule has 2 rings (SSSR count). The topological polar surface area (TPSA) is 105 Å². The Morgan fingerprint density at radius 1 is 1.55 bits per heavy atom. The lowest BCUT2D eigenvalue weighted by Crippen LogP contribution is -2.35. The van der Waals surface area contributed by atoms with Crippen molar-refractivity contribution < 1.29 is 14.8 Å². The maximum atomic E-state index is 11.4. The lowest BCUT2D eigenvalue weighted by atomic mass is 9.86. The van der Waals surface area contributed by atoms with Crippen molar-refractivity contribution in [1.29, 1.82) is 0 Å². The second kappa shape index (κ2) is 5.74. The predicted octanol–water partition coefficient (Wildman–Crippen LogP) is 2.81. The summed E-state index contributed by atoms with van der Waals surface area (Å²) >= 11 is 3.13. The van der Waals surface area contributed by atoms with Gasteiger partial charge in [-0.2, -0.15) is 0 Å². The number of carboxylic acid groups (broad SMARTS) is 1. The molecule has 0 amide bonds. The van der Waals surface area contributed by atoms with E-state index in [9.17, 15) is 20.0 Å². The second-order valence-corrected chi connectivity index (χ2v) is 5.84. The molecule has 1 aliphatic carbocycles. The highest BCUT2D eigenvalue weighted by atomic mass is 79.9. The first kappa shape index (κ1) is 14.7. The van der Waals surface area contributed by atoms with E-state index in [1.165, 1.54) is 12.3 Å². The smallest absolute Gasteiger partial charge is 0.312 e. The summed E-state index contributed by atoms with van der Waals surface area (Å²) in [6, 6.07) is 1.34. The summed E-state index contributed by atoms with van der Waals surface area (Å²) < 4.78 is 0.503. The van der Waals surface area contributed by atoms with Crippen molar-refractivity contribution in [3.63, 3.8) is 0 Å². The molecule has 0 unspecified atom stereocenters. The van der Waals surface area contributed by atoms with Gasteiger partial charge in [0.1, 0.15) is 0 Å². The number of halogens is 1. The van der Waals surface area contributed by atoms with Crippen LogP contribution >= 0.6 is 15.9 Å². The largest absolute Gasteiger partial charge is 0.481 e. The van der Waals surface area contributed by atoms with Crippen LogP contribution in [0, 0.1) is 15.5 Å². The van der Waals surface area contributed by atoms with E-state index in [2.05, 4.69) is 26.2 Å². The van der Waals surface area contributed by atoms with Crippen LogP contribution in [0.4, 0.5) is 11.5 Å². The molecule has 1 aromatic rings. The molecule has 20 heavy (non-hydrogen) atoms. The zero-order valence-electron chi connectivity index (χ0n) is 10.6. The van der Waals surface area contributed by atoms with E-state index >= 15 is 0 Å². The number of nitrogens with zero attached hydrogens (tertiary/aromatic N) is 2. The fourth-order valence-electron chi connectivity index (χ4n) is 2.47. The van der Waals surface area contributed by atoms with Crippen LogP contribution in [0.15, 0.2) is 16.7 Å². The number of hydrogen-bond acceptors (Lipinski definition) is 5. The molecule has 0 aliphatic heterocycles. The fraction of sp³-hybridized carbons (Fsp3) is 0.500. The molecule has 1 saturated carbocycles. The van der Waals surface area contributed by atoms with Gasteiger partial charge in [0.2, 0.25) is 5.82 Å². The first-order valence-electron chi connectivity index (χ1n) is 6.22. The fourth-order valence-corrected chi connectivity index (χ4v) is 2.79. The number of hydrogen-bond donors (Lipinski definition) is 2. The summed E-state index contributed by atoms with van der Waals surface area (Å²) in [6.07, 6.45) is 4.34. The van der Waals surface area contributed by atoms with E-state index in [0.29, 0.717) is 17.3 Å². The van der Waals surface area contributed by atoms with Crippen molar-refractivity contribution in [3.8, 4) is 0 Å². The number of nitro groups is 1. The molecule has 0 bridgehead atoms. The summed E-state index contributed by atoms with van der Waals surface area (Å²) in [5.74, 6) is -0.756. The molecular formula is C12H14BrN3O4. The van der Waals surface area contributed by atoms with Crippen LogP contribution < -0.4 is 5.32 Å². The van der Waals surface area contributed by atoms with E-state index in [4.69, 9.17) is 0 Å². The zero-order valence-corrected chi connectivity index (χ0v) is 12.2. The minimum absolute atomic E-state index is 0.103. The Hall–Kier alpha value is -1.70. The van der Waals surface area contributed by atoms with E-state index in [1.54, 1.807) is 0 Å². The lowest BCUT2D eigenvalue weighted by molar-refractivity contribution is -0.384. The molecule has 1 fully saturated rings. The van der Waals surface area contributed by atoms with Crippen molar-refractivity contribution in [2.24, 2.45) is 5.41 Å². The summed E-state index contributed by atoms with van der Waals surface area (Å²) in [5.41, 5.74) is -1.01. The molecule has 1 heterocycles. The van der Waals surface area contributed by atoms with Gasteiger partial charge in [0.25, 0.3) is 0 Å². The highest BCUT2D eigenvalue weighted by Gasteiger charge is 2.41. The van der Waals surface area contributed by atoms with Gasteiger partial charge in [0.05, 0.1) is 10.3 Å². The Balaban J connectivity index is 2.18. The lowest BCUT2D eigenvalue weighted by Gasteiger charge is -2.24. The monoisotopic (exact) mass is 343 g/mol. The third-order valence-corrected chi connectivity index (χ3v) is 4.07. The van der Waals surface area contributed by atoms with Crippen LogP contribution in [0.2, 0.25) is 0 Å². The maximum Gasteiger partial charge on any atom is 0.312 e. The van der Waals surface area contributed by atoms with E-state index < -0.39 is 16.3 Å². The Labute approximate surface area is 123 Å². The Morgan fingerprint density at radius 2 is 2.20 bits per heavy atom. The van der Waals surface area contributed by atoms with Crippen LogP contribution in [0.3, 0.4) is 0 Å². The first-order chi connectivity index (χ1) is 9.44. The number of nitrogens with one attached hydrogen (secondary N) is 1. The summed E-state index contributed by atoms with van der Waals surface area (Å²) in [4.78, 5) is 25.8. The highest BCUT2D eigenvalue weighted by Crippen LogP contribution is 2.39. The number of aliphatic carboxylic acids is 1. The third kappa shape index (κ3) is 2.90. The van der Waals surface area contributed by atoms with Gasteiger partial charge < -0.3 is 10.4 Å². The van der Waals surface area contributed by atoms with Crippen LogP contribution in [0.1, 0.15) is 25.7 Å². The van der Waals surface area contributed by atoms with Crippen LogP contribution in [0.25, 0.3) is 0 Å². The molecule has 0 saturated heterocycles. The van der Waals surface area contributed by atoms with Gasteiger partial charge >= 0.3 is 11.7 Å². The number of aromatic nitrogens is 1. The molecule has 108 valence electrons. The number of rotatable bonds is 5. The number of anilines is 1. The number of pyridine rings is 1. The number of carbonyl (C=O) groups is 1. The van der Waals surface area contributed by atoms with Crippen LogP contribution in [-0.4, -0.2) is 27.5 Å². The van der Waals surface area contributed by atoms with Gasteiger partial charge in [-0.05, 0) is 28.8 Å². The third-order valence-electron chi connectivity index (χ3n) is 3.64. The summed E-state index contributed by atoms with van der Waals surface area (Å²) in [5, 5.41) is 23.2. The Kier molecular flexibility index (Phi) is 4.22. The Morgan fingerprint density at radius 3 is 2.75 bits per heavy atom. The van der Waals surface area contributed by atoms with E-state index in [0.717, 1.165) is 12.8 Å². The minimum Gasteiger partial charge on any atom is -0.481 e. The molecule has 0 aromatic carbocycles. The van der Waals surface area contributed by atoms with Gasteiger partial charge in [-0.25, -0.2) is 4.98 Å². The van der Waals surface area contributed by atoms with Gasteiger partial charge in [-0.3, -0.25) is 14.9 Å². The Bertz CT molecular complexity index is 544. The van der Waals surface area contributed by atoms with Crippen molar-refractivity contribution in [2.75, 3.05) is 11.9 Å². The molecule has 0 spiro atoms. The van der Waals surface area contributed by atoms with Gasteiger partial charge in [0.15, 0.2) is 0 Å². The predicted molar refractivity (Wildman–Crippen MR) is 75.6 cm³/mol. The maximum absolute atomic E-state index is 11.4. The molecule has 2 N–H and O–H groups in total. The molecule has 8 heteroatoms. The first-order valence-corrected chi connectivity index (χ1v) is 7.01. The van der Waals surface area contributed by atoms with Crippen LogP contribution in [-0.2, 0) is 4.79 Å². The molecule has 1 aromatic heterocycles. The standard InChI is InChI=1S/C12H14BrN3O4/c13-8-5-9(16(19)20)10(14-6-8)15-7-12(11(17)18)3-1-2-4-12/h5-6H,1-4,7H2,(H,14,15)(H,17,18). The zero-order chi connectivity index (χ0) is 14.8. The summed E-state index contributed by atoms with van der Waals surface area (Å²) in [7, 11) is 0. The number of carboxylic acids is 1. The molecule has 0 atom stereocenters. The quantitative estimate of drug-likeness (QED) is 0.629. The average Bonchev–Trinajstić information content (AvgIpc) is 2.87. The van der Waals surface area contributed by atoms with Crippen LogP contribution in [0.5, 0.6) is 0 Å². The van der Waals surface area contributed by atoms with E-state index in [1.807, 2.05) is 0 Å². The van der Waals surface area contributed by atoms with Gasteiger partial charge in [-0.1, -0.05) is 12.8 Å². The second-order valence-electron chi connectivity index (χ2n) is 4.92. The molecule has 0 radical (unpaired) electrons. The molecule has 1 aliphatic rings. The van der Waals surface area contributed by atoms with Crippen molar-refractivity contribution >= 4 is 33.4 Å². The van der Waals surface area contributed by atoms with E-state index in [-0.39, 0.29) is 18.1 Å². The van der Waals surface area contributed by atoms with Gasteiger partial charge in [-0.15, -0.1) is 0 Å². The molecule has 7 nitrogen and oxygen atoms in total. The van der Waals surface area contributed by atoms with Crippen molar-refractivity contribution in [3.05, 3.63) is 26.9 Å².